The van der Waals surface area contributed by atoms with Gasteiger partial charge in [-0.3, -0.25) is 9.35 Å². The lowest BCUT2D eigenvalue weighted by molar-refractivity contribution is -0.432. The SMILES string of the molecule is COc1ccc(C(=O)c2ccc(COc3ccc(Oc4ccc(S(=O)(=O)c5ccc(C)c(SOOO)c5)cc4S(=O)(=O)O)c(SOOO)c3)cc2)cc1. The maximum absolute atomic E-state index is 13.5. The molecule has 0 unspecified atom stereocenters. The summed E-state index contributed by atoms with van der Waals surface area (Å²) in [5, 5.41) is 24.5. The van der Waals surface area contributed by atoms with Crippen molar-refractivity contribution in [3.8, 4) is 23.0 Å². The van der Waals surface area contributed by atoms with Crippen LogP contribution in [0.2, 0.25) is 0 Å². The number of carbonyl (C=O) groups is 1. The van der Waals surface area contributed by atoms with Gasteiger partial charge in [-0.05, 0) is 90.8 Å². The Hall–Kier alpha value is -4.51. The van der Waals surface area contributed by atoms with Crippen molar-refractivity contribution in [2.45, 2.75) is 38.0 Å². The molecule has 53 heavy (non-hydrogen) atoms. The molecule has 0 heterocycles. The zero-order chi connectivity index (χ0) is 38.2. The van der Waals surface area contributed by atoms with Crippen LogP contribution in [0.4, 0.5) is 0 Å². The first kappa shape index (κ1) is 39.7. The minimum atomic E-state index is -5.06. The maximum atomic E-state index is 13.5. The summed E-state index contributed by atoms with van der Waals surface area (Å²) in [6.45, 7) is 1.73. The molecule has 0 amide bonds. The van der Waals surface area contributed by atoms with Gasteiger partial charge in [-0.15, -0.1) is 8.67 Å². The zero-order valence-electron chi connectivity index (χ0n) is 27.4. The summed E-state index contributed by atoms with van der Waals surface area (Å²) >= 11 is 1.01. The smallest absolute Gasteiger partial charge is 0.298 e. The van der Waals surface area contributed by atoms with Gasteiger partial charge < -0.3 is 14.2 Å². The molecule has 0 spiro atoms. The first-order valence-corrected chi connectivity index (χ1v) is 19.2. The molecule has 0 bridgehead atoms. The zero-order valence-corrected chi connectivity index (χ0v) is 30.7. The lowest BCUT2D eigenvalue weighted by Crippen LogP contribution is -2.07. The third-order valence-electron chi connectivity index (χ3n) is 7.39. The molecule has 19 heteroatoms. The highest BCUT2D eigenvalue weighted by molar-refractivity contribution is 7.95. The highest BCUT2D eigenvalue weighted by Gasteiger charge is 2.26. The Labute approximate surface area is 311 Å². The van der Waals surface area contributed by atoms with Crippen molar-refractivity contribution in [2.24, 2.45) is 0 Å². The van der Waals surface area contributed by atoms with Crippen LogP contribution in [0.1, 0.15) is 27.0 Å². The fourth-order valence-electron chi connectivity index (χ4n) is 4.69. The molecule has 5 aromatic carbocycles. The third-order valence-corrected chi connectivity index (χ3v) is 11.4. The lowest BCUT2D eigenvalue weighted by atomic mass is 10.0. The molecule has 0 saturated carbocycles. The van der Waals surface area contributed by atoms with Crippen LogP contribution in [0, 0.1) is 6.92 Å². The van der Waals surface area contributed by atoms with Gasteiger partial charge in [0, 0.05) is 16.0 Å². The normalized spacial score (nSPS) is 11.6. The van der Waals surface area contributed by atoms with E-state index < -0.39 is 35.5 Å². The van der Waals surface area contributed by atoms with Crippen LogP contribution in [0.3, 0.4) is 0 Å². The van der Waals surface area contributed by atoms with E-state index in [9.17, 15) is 26.2 Å². The average molecular weight is 805 g/mol. The monoisotopic (exact) mass is 804 g/mol. The van der Waals surface area contributed by atoms with Gasteiger partial charge in [-0.1, -0.05) is 40.4 Å². The summed E-state index contributed by atoms with van der Waals surface area (Å²) in [5.74, 6) is 0.228. The largest absolute Gasteiger partial charge is 0.497 e. The topological polar surface area (TPSA) is 211 Å². The van der Waals surface area contributed by atoms with Gasteiger partial charge in [0.05, 0.1) is 45.9 Å². The quantitative estimate of drug-likeness (QED) is 0.0272. The van der Waals surface area contributed by atoms with Crippen LogP contribution in [-0.2, 0) is 45.3 Å². The van der Waals surface area contributed by atoms with E-state index >= 15 is 0 Å². The van der Waals surface area contributed by atoms with Crippen LogP contribution in [0.5, 0.6) is 23.0 Å². The van der Waals surface area contributed by atoms with Crippen molar-refractivity contribution in [3.63, 3.8) is 0 Å². The molecule has 0 aromatic heterocycles. The molecule has 5 rings (SSSR count). The van der Waals surface area contributed by atoms with Gasteiger partial charge in [0.15, 0.2) is 5.78 Å². The van der Waals surface area contributed by atoms with Crippen LogP contribution >= 0.6 is 24.1 Å². The lowest BCUT2D eigenvalue weighted by Gasteiger charge is -2.15. The number of ketones is 1. The van der Waals surface area contributed by atoms with E-state index in [1.807, 2.05) is 0 Å². The molecule has 0 fully saturated rings. The van der Waals surface area contributed by atoms with Crippen LogP contribution in [0.25, 0.3) is 0 Å². The fraction of sp³-hybridized carbons (Fsp3) is 0.0882. The Bertz CT molecular complexity index is 2300. The minimum Gasteiger partial charge on any atom is -0.497 e. The highest BCUT2D eigenvalue weighted by Crippen LogP contribution is 2.40. The number of methoxy groups -OCH3 is 1. The van der Waals surface area contributed by atoms with Crippen molar-refractivity contribution in [1.82, 2.24) is 0 Å². The Morgan fingerprint density at radius 3 is 1.87 bits per heavy atom. The second kappa shape index (κ2) is 17.5. The molecule has 0 aliphatic heterocycles. The molecule has 3 N–H and O–H groups in total. The predicted octanol–water partition coefficient (Wildman–Crippen LogP) is 7.54. The second-order valence-corrected chi connectivity index (χ2v) is 15.5. The maximum Gasteiger partial charge on any atom is 0.298 e. The number of aryl methyl sites for hydroxylation is 1. The molecule has 0 aliphatic rings. The van der Waals surface area contributed by atoms with Gasteiger partial charge in [0.2, 0.25) is 9.84 Å². The van der Waals surface area contributed by atoms with E-state index in [0.717, 1.165) is 23.8 Å². The molecule has 0 radical (unpaired) electrons. The Kier molecular flexibility index (Phi) is 13.1. The van der Waals surface area contributed by atoms with E-state index in [1.165, 1.54) is 43.5 Å². The molecule has 0 atom stereocenters. The summed E-state index contributed by atoms with van der Waals surface area (Å²) in [7, 11) is -7.89. The molecule has 0 aliphatic carbocycles. The number of carbonyl (C=O) groups excluding carboxylic acids is 1. The van der Waals surface area contributed by atoms with Crippen molar-refractivity contribution in [3.05, 3.63) is 125 Å². The highest BCUT2D eigenvalue weighted by atomic mass is 32.2. The molecular formula is C34H28O15S4. The van der Waals surface area contributed by atoms with Gasteiger partial charge in [-0.25, -0.2) is 18.9 Å². The van der Waals surface area contributed by atoms with Gasteiger partial charge >= 0.3 is 0 Å². The summed E-state index contributed by atoms with van der Waals surface area (Å²) in [6, 6.07) is 24.6. The number of rotatable bonds is 17. The van der Waals surface area contributed by atoms with Crippen molar-refractivity contribution in [2.75, 3.05) is 7.11 Å². The van der Waals surface area contributed by atoms with Gasteiger partial charge in [0.1, 0.15) is 34.5 Å². The Morgan fingerprint density at radius 1 is 0.679 bits per heavy atom. The predicted molar refractivity (Wildman–Crippen MR) is 188 cm³/mol. The fourth-order valence-corrected chi connectivity index (χ4v) is 7.73. The number of hydrogen-bond acceptors (Lipinski definition) is 16. The van der Waals surface area contributed by atoms with E-state index in [0.29, 0.717) is 46.5 Å². The average Bonchev–Trinajstić information content (AvgIpc) is 3.16. The van der Waals surface area contributed by atoms with E-state index in [2.05, 4.69) is 18.7 Å². The third kappa shape index (κ3) is 9.93. The van der Waals surface area contributed by atoms with Crippen LogP contribution in [0.15, 0.2) is 128 Å². The summed E-state index contributed by atoms with van der Waals surface area (Å²) in [5.41, 5.74) is 2.28. The first-order chi connectivity index (χ1) is 25.3. The number of ether oxygens (including phenoxy) is 3. The van der Waals surface area contributed by atoms with E-state index in [1.54, 1.807) is 55.5 Å². The molecule has 0 saturated heterocycles. The minimum absolute atomic E-state index is 0.0624. The van der Waals surface area contributed by atoms with Crippen molar-refractivity contribution >= 4 is 49.8 Å². The molecule has 15 nitrogen and oxygen atoms in total. The number of sulfone groups is 1. The van der Waals surface area contributed by atoms with E-state index in [4.69, 9.17) is 24.7 Å². The van der Waals surface area contributed by atoms with Crippen molar-refractivity contribution < 1.29 is 69.7 Å². The number of hydrogen-bond donors (Lipinski definition) is 3. The van der Waals surface area contributed by atoms with Crippen LogP contribution < -0.4 is 14.2 Å². The molecule has 5 aromatic rings. The van der Waals surface area contributed by atoms with Crippen LogP contribution in [-0.4, -0.2) is 44.8 Å². The number of benzene rings is 5. The van der Waals surface area contributed by atoms with Gasteiger partial charge in [0.25, 0.3) is 10.1 Å². The van der Waals surface area contributed by atoms with E-state index in [-0.39, 0.29) is 38.6 Å². The van der Waals surface area contributed by atoms with Gasteiger partial charge in [-0.2, -0.15) is 8.42 Å². The van der Waals surface area contributed by atoms with Crippen molar-refractivity contribution in [1.29, 1.82) is 0 Å². The Morgan fingerprint density at radius 2 is 1.25 bits per heavy atom. The summed E-state index contributed by atoms with van der Waals surface area (Å²) < 4.78 is 87.7. The summed E-state index contributed by atoms with van der Waals surface area (Å²) in [6.07, 6.45) is 0. The molecule has 278 valence electrons. The standard InChI is InChI=1S/C34H28O15S4/c1-21-3-13-27(18-31(21)50-48-46-36)52(38,39)28-14-16-30(33(19-28)53(40,41)42)45-29-15-12-26(17-32(29)51-49-47-37)44-20-22-4-6-23(7-5-22)34(35)24-8-10-25(43-2)11-9-24/h3-19,36-37H,20H2,1-2H3,(H,40,41,42). The Balaban J connectivity index is 1.35. The summed E-state index contributed by atoms with van der Waals surface area (Å²) in [4.78, 5) is 11.6. The second-order valence-electron chi connectivity index (χ2n) is 10.7. The first-order valence-electron chi connectivity index (χ1n) is 14.8. The molecular weight excluding hydrogens is 777 g/mol.